The molecule has 1 aliphatic heterocycles. The first-order valence-corrected chi connectivity index (χ1v) is 13.4. The normalized spacial score (nSPS) is 20.8. The Morgan fingerprint density at radius 1 is 1.08 bits per heavy atom. The number of aliphatic hydroxyl groups excluding tert-OH is 1. The second-order valence-electron chi connectivity index (χ2n) is 10.2. The molecule has 204 valence electrons. The standard InChI is InChI=1S/C30H35N5O4/c1-19-30(38)34(2)25-15-16-27(33-28(25)35(19)18-20-7-5-4-6-8-20)32-24-14-9-21(17-26(24)39-3)29(37)31-22-10-12-23(36)13-11-22/h4-9,14-17,19,22-23,36H,10-13,18H2,1-3H3,(H,31,37)(H,32,33)/t19-,22?,23?/m1/s1. The summed E-state index contributed by atoms with van der Waals surface area (Å²) in [5, 5.41) is 16.1. The van der Waals surface area contributed by atoms with E-state index in [-0.39, 0.29) is 30.0 Å². The average Bonchev–Trinajstić information content (AvgIpc) is 2.96. The summed E-state index contributed by atoms with van der Waals surface area (Å²) >= 11 is 0. The topological polar surface area (TPSA) is 107 Å². The smallest absolute Gasteiger partial charge is 0.251 e. The van der Waals surface area contributed by atoms with Crippen LogP contribution >= 0.6 is 0 Å². The maximum Gasteiger partial charge on any atom is 0.251 e. The van der Waals surface area contributed by atoms with E-state index in [0.717, 1.165) is 24.1 Å². The lowest BCUT2D eigenvalue weighted by atomic mass is 9.93. The van der Waals surface area contributed by atoms with Gasteiger partial charge in [-0.15, -0.1) is 0 Å². The van der Waals surface area contributed by atoms with Gasteiger partial charge in [0, 0.05) is 25.2 Å². The molecule has 1 fully saturated rings. The minimum Gasteiger partial charge on any atom is -0.495 e. The number of aromatic nitrogens is 1. The number of fused-ring (bicyclic) bond motifs is 1. The average molecular weight is 530 g/mol. The molecule has 0 unspecified atom stereocenters. The van der Waals surface area contributed by atoms with Crippen LogP contribution < -0.4 is 25.2 Å². The van der Waals surface area contributed by atoms with Crippen molar-refractivity contribution >= 4 is 34.8 Å². The van der Waals surface area contributed by atoms with E-state index in [0.29, 0.717) is 48.0 Å². The summed E-state index contributed by atoms with van der Waals surface area (Å²) in [6, 6.07) is 18.7. The van der Waals surface area contributed by atoms with Gasteiger partial charge in [0.05, 0.1) is 24.6 Å². The summed E-state index contributed by atoms with van der Waals surface area (Å²) in [5.41, 5.74) is 3.01. The highest BCUT2D eigenvalue weighted by molar-refractivity contribution is 6.04. The summed E-state index contributed by atoms with van der Waals surface area (Å²) in [7, 11) is 3.34. The first kappa shape index (κ1) is 26.5. The van der Waals surface area contributed by atoms with Gasteiger partial charge in [-0.1, -0.05) is 30.3 Å². The van der Waals surface area contributed by atoms with Crippen LogP contribution in [0.15, 0.2) is 60.7 Å². The van der Waals surface area contributed by atoms with Crippen LogP contribution in [-0.2, 0) is 11.3 Å². The number of carbonyl (C=O) groups excluding carboxylic acids is 2. The van der Waals surface area contributed by atoms with Gasteiger partial charge in [-0.25, -0.2) is 4.98 Å². The Hall–Kier alpha value is -4.11. The minimum atomic E-state index is -0.370. The molecule has 0 radical (unpaired) electrons. The molecule has 9 nitrogen and oxygen atoms in total. The zero-order valence-electron chi connectivity index (χ0n) is 22.6. The minimum absolute atomic E-state index is 0.0147. The van der Waals surface area contributed by atoms with Gasteiger partial charge in [0.25, 0.3) is 5.91 Å². The first-order valence-electron chi connectivity index (χ1n) is 13.4. The molecule has 39 heavy (non-hydrogen) atoms. The van der Waals surface area contributed by atoms with Crippen LogP contribution in [0.2, 0.25) is 0 Å². The molecule has 2 aromatic carbocycles. The Bertz CT molecular complexity index is 1340. The molecule has 1 aliphatic carbocycles. The number of anilines is 4. The van der Waals surface area contributed by atoms with Gasteiger partial charge in [-0.2, -0.15) is 0 Å². The Morgan fingerprint density at radius 2 is 1.82 bits per heavy atom. The summed E-state index contributed by atoms with van der Waals surface area (Å²) in [5.74, 6) is 1.68. The van der Waals surface area contributed by atoms with Crippen molar-refractivity contribution in [1.29, 1.82) is 0 Å². The highest BCUT2D eigenvalue weighted by atomic mass is 16.5. The van der Waals surface area contributed by atoms with Gasteiger partial charge in [-0.05, 0) is 68.5 Å². The van der Waals surface area contributed by atoms with Crippen molar-refractivity contribution in [3.05, 3.63) is 71.8 Å². The molecule has 5 rings (SSSR count). The van der Waals surface area contributed by atoms with Crippen LogP contribution in [0.1, 0.15) is 48.5 Å². The Balaban J connectivity index is 1.37. The van der Waals surface area contributed by atoms with E-state index in [1.807, 2.05) is 54.3 Å². The highest BCUT2D eigenvalue weighted by Crippen LogP contribution is 2.37. The Labute approximate surface area is 228 Å². The maximum absolute atomic E-state index is 13.0. The Kier molecular flexibility index (Phi) is 7.70. The summed E-state index contributed by atoms with van der Waals surface area (Å²) in [6.45, 7) is 2.45. The van der Waals surface area contributed by atoms with Crippen LogP contribution in [0, 0.1) is 0 Å². The number of likely N-dealkylation sites (N-methyl/N-ethyl adjacent to an activating group) is 1. The van der Waals surface area contributed by atoms with E-state index in [1.54, 1.807) is 37.3 Å². The number of ether oxygens (including phenoxy) is 1. The summed E-state index contributed by atoms with van der Waals surface area (Å²) < 4.78 is 5.61. The predicted molar refractivity (Wildman–Crippen MR) is 152 cm³/mol. The third-order valence-electron chi connectivity index (χ3n) is 7.60. The highest BCUT2D eigenvalue weighted by Gasteiger charge is 2.35. The molecular weight excluding hydrogens is 494 g/mol. The molecule has 1 atom stereocenters. The van der Waals surface area contributed by atoms with Gasteiger partial charge < -0.3 is 30.3 Å². The van der Waals surface area contributed by atoms with E-state index >= 15 is 0 Å². The van der Waals surface area contributed by atoms with Crippen molar-refractivity contribution in [3.8, 4) is 5.75 Å². The SMILES string of the molecule is COc1cc(C(=O)NC2CCC(O)CC2)ccc1Nc1ccc2c(n1)N(Cc1ccccc1)[C@H](C)C(=O)N2C. The lowest BCUT2D eigenvalue weighted by Crippen LogP contribution is -2.50. The maximum atomic E-state index is 13.0. The number of hydrogen-bond acceptors (Lipinski definition) is 7. The number of carbonyl (C=O) groups is 2. The molecule has 1 saturated carbocycles. The van der Waals surface area contributed by atoms with Crippen molar-refractivity contribution in [2.45, 2.75) is 57.3 Å². The molecule has 9 heteroatoms. The molecule has 2 amide bonds. The van der Waals surface area contributed by atoms with Crippen LogP contribution in [-0.4, -0.2) is 54.2 Å². The monoisotopic (exact) mass is 529 g/mol. The molecule has 1 aromatic heterocycles. The van der Waals surface area contributed by atoms with Crippen molar-refractivity contribution < 1.29 is 19.4 Å². The molecule has 2 heterocycles. The first-order chi connectivity index (χ1) is 18.8. The van der Waals surface area contributed by atoms with E-state index in [1.165, 1.54) is 0 Å². The molecule has 3 N–H and O–H groups in total. The summed E-state index contributed by atoms with van der Waals surface area (Å²) in [6.07, 6.45) is 2.69. The molecule has 3 aromatic rings. The van der Waals surface area contributed by atoms with E-state index in [2.05, 4.69) is 10.6 Å². The number of nitrogens with one attached hydrogen (secondary N) is 2. The van der Waals surface area contributed by atoms with Crippen LogP contribution in [0.25, 0.3) is 0 Å². The quantitative estimate of drug-likeness (QED) is 0.420. The lowest BCUT2D eigenvalue weighted by molar-refractivity contribution is -0.119. The second-order valence-corrected chi connectivity index (χ2v) is 10.2. The number of nitrogens with zero attached hydrogens (tertiary/aromatic N) is 3. The molecule has 0 spiro atoms. The van der Waals surface area contributed by atoms with Gasteiger partial charge in [0.1, 0.15) is 17.6 Å². The largest absolute Gasteiger partial charge is 0.495 e. The van der Waals surface area contributed by atoms with Crippen LogP contribution in [0.4, 0.5) is 23.0 Å². The van der Waals surface area contributed by atoms with E-state index < -0.39 is 0 Å². The second kappa shape index (κ2) is 11.3. The van der Waals surface area contributed by atoms with Gasteiger partial charge in [0.15, 0.2) is 5.82 Å². The number of benzene rings is 2. The van der Waals surface area contributed by atoms with Gasteiger partial charge in [-0.3, -0.25) is 9.59 Å². The summed E-state index contributed by atoms with van der Waals surface area (Å²) in [4.78, 5) is 34.4. The number of hydrogen-bond donors (Lipinski definition) is 3. The van der Waals surface area contributed by atoms with Crippen LogP contribution in [0.3, 0.4) is 0 Å². The van der Waals surface area contributed by atoms with Crippen molar-refractivity contribution in [1.82, 2.24) is 10.3 Å². The number of rotatable bonds is 7. The van der Waals surface area contributed by atoms with Crippen molar-refractivity contribution in [2.75, 3.05) is 29.3 Å². The fourth-order valence-corrected chi connectivity index (χ4v) is 5.25. The van der Waals surface area contributed by atoms with Crippen molar-refractivity contribution in [3.63, 3.8) is 0 Å². The predicted octanol–water partition coefficient (Wildman–Crippen LogP) is 4.24. The fourth-order valence-electron chi connectivity index (χ4n) is 5.25. The number of amides is 2. The van der Waals surface area contributed by atoms with Crippen molar-refractivity contribution in [2.24, 2.45) is 0 Å². The number of aliphatic hydroxyl groups is 1. The third-order valence-corrected chi connectivity index (χ3v) is 7.60. The third kappa shape index (κ3) is 5.68. The molecule has 0 bridgehead atoms. The van der Waals surface area contributed by atoms with E-state index in [9.17, 15) is 14.7 Å². The van der Waals surface area contributed by atoms with E-state index in [4.69, 9.17) is 9.72 Å². The van der Waals surface area contributed by atoms with Gasteiger partial charge >= 0.3 is 0 Å². The molecular formula is C30H35N5O4. The van der Waals surface area contributed by atoms with Gasteiger partial charge in [0.2, 0.25) is 5.91 Å². The zero-order chi connectivity index (χ0) is 27.5. The molecule has 2 aliphatic rings. The molecule has 0 saturated heterocycles. The fraction of sp³-hybridized carbons (Fsp3) is 0.367. The number of pyridine rings is 1. The van der Waals surface area contributed by atoms with Crippen LogP contribution in [0.5, 0.6) is 5.75 Å². The zero-order valence-corrected chi connectivity index (χ0v) is 22.6. The lowest BCUT2D eigenvalue weighted by Gasteiger charge is -2.39. The Morgan fingerprint density at radius 3 is 2.54 bits per heavy atom. The number of methoxy groups -OCH3 is 1.